The number of carbonyl (C=O) groups is 2. The minimum absolute atomic E-state index is 0.0205. The number of amides is 2. The molecule has 0 aliphatic heterocycles. The van der Waals surface area contributed by atoms with Gasteiger partial charge in [-0.15, -0.1) is 10.2 Å². The normalized spacial score (nSPS) is 12.6. The number of benzene rings is 1. The minimum Gasteiger partial charge on any atom is -0.494 e. The number of rotatable bonds is 9. The summed E-state index contributed by atoms with van der Waals surface area (Å²) in [6, 6.07) is 6.04. The molecule has 2 aromatic heterocycles. The van der Waals surface area contributed by atoms with E-state index < -0.39 is 34.5 Å². The predicted molar refractivity (Wildman–Crippen MR) is 124 cm³/mol. The van der Waals surface area contributed by atoms with Gasteiger partial charge in [-0.1, -0.05) is 11.2 Å². The van der Waals surface area contributed by atoms with Crippen molar-refractivity contribution >= 4 is 39.0 Å². The molecule has 0 spiro atoms. The molecule has 14 nitrogen and oxygen atoms in total. The zero-order valence-electron chi connectivity index (χ0n) is 21.8. The zero-order valence-corrected chi connectivity index (χ0v) is 19.6. The Labute approximate surface area is 204 Å². The van der Waals surface area contributed by atoms with E-state index in [0.717, 1.165) is 13.4 Å². The number of hydrogen-bond acceptors (Lipinski definition) is 12. The summed E-state index contributed by atoms with van der Waals surface area (Å²) in [5.74, 6) is -0.932. The van der Waals surface area contributed by atoms with Crippen LogP contribution in [-0.2, 0) is 21.0 Å². The summed E-state index contributed by atoms with van der Waals surface area (Å²) in [4.78, 5) is 28.4. The van der Waals surface area contributed by atoms with Gasteiger partial charge in [0.2, 0.25) is 11.7 Å². The molecule has 0 unspecified atom stereocenters. The molecule has 0 aliphatic rings. The van der Waals surface area contributed by atoms with E-state index in [1.165, 1.54) is 13.2 Å². The maximum absolute atomic E-state index is 12.6. The molecule has 0 bridgehead atoms. The Morgan fingerprint density at radius 1 is 1.20 bits per heavy atom. The Morgan fingerprint density at radius 3 is 2.69 bits per heavy atom. The van der Waals surface area contributed by atoms with Crippen LogP contribution < -0.4 is 20.7 Å². The summed E-state index contributed by atoms with van der Waals surface area (Å²) in [6.45, 7) is -2.80. The molecule has 35 heavy (non-hydrogen) atoms. The average Bonchev–Trinajstić information content (AvgIpc) is 3.30. The fourth-order valence-corrected chi connectivity index (χ4v) is 3.39. The van der Waals surface area contributed by atoms with Crippen LogP contribution in [0.5, 0.6) is 5.75 Å². The third-order valence-corrected chi connectivity index (χ3v) is 5.37. The molecule has 0 atom stereocenters. The Hall–Kier alpha value is -4.27. The molecule has 0 saturated carbocycles. The lowest BCUT2D eigenvalue weighted by atomic mass is 10.1. The Balaban J connectivity index is 2.00. The van der Waals surface area contributed by atoms with Crippen molar-refractivity contribution in [2.24, 2.45) is 0 Å². The molecular formula is C20H23N7O7S. The first kappa shape index (κ1) is 21.3. The molecular weight excluding hydrogens is 482 g/mol. The highest BCUT2D eigenvalue weighted by atomic mass is 32.2. The molecule has 3 N–H and O–H groups in total. The number of hydrogen-bond donors (Lipinski definition) is 3. The molecule has 2 amide bonds. The van der Waals surface area contributed by atoms with Crippen LogP contribution >= 0.6 is 0 Å². The number of nitrogens with zero attached hydrogens (tertiary/aromatic N) is 4. The number of aryl methyl sites for hydroxylation is 1. The average molecular weight is 509 g/mol. The van der Waals surface area contributed by atoms with E-state index >= 15 is 0 Å². The van der Waals surface area contributed by atoms with Crippen LogP contribution in [0.1, 0.15) is 20.5 Å². The van der Waals surface area contributed by atoms with Crippen molar-refractivity contribution in [3.05, 3.63) is 35.9 Å². The largest absolute Gasteiger partial charge is 0.494 e. The van der Waals surface area contributed by atoms with Crippen LogP contribution in [0.25, 0.3) is 11.4 Å². The molecule has 2 heterocycles. The van der Waals surface area contributed by atoms with Crippen molar-refractivity contribution in [3.8, 4) is 17.1 Å². The van der Waals surface area contributed by atoms with Gasteiger partial charge in [-0.25, -0.2) is 13.2 Å². The van der Waals surface area contributed by atoms with Gasteiger partial charge in [0.25, 0.3) is 5.91 Å². The zero-order chi connectivity index (χ0) is 28.1. The summed E-state index contributed by atoms with van der Waals surface area (Å²) in [5, 5.41) is 18.4. The Morgan fingerprint density at radius 2 is 2.00 bits per heavy atom. The number of nitrogens with one attached hydrogen (secondary N) is 3. The maximum Gasteiger partial charge on any atom is 0.412 e. The van der Waals surface area contributed by atoms with Gasteiger partial charge >= 0.3 is 6.09 Å². The third kappa shape index (κ3) is 6.41. The van der Waals surface area contributed by atoms with Crippen molar-refractivity contribution in [1.82, 2.24) is 25.7 Å². The first-order valence-electron chi connectivity index (χ1n) is 11.3. The van der Waals surface area contributed by atoms with Crippen LogP contribution in [0.2, 0.25) is 0 Å². The number of aromatic nitrogens is 4. The smallest absolute Gasteiger partial charge is 0.412 e. The van der Waals surface area contributed by atoms with Gasteiger partial charge < -0.3 is 24.6 Å². The van der Waals surface area contributed by atoms with Crippen molar-refractivity contribution in [2.45, 2.75) is 6.42 Å². The molecule has 0 saturated heterocycles. The first-order valence-corrected chi connectivity index (χ1v) is 11.9. The number of para-hydroxylation sites is 1. The van der Waals surface area contributed by atoms with E-state index in [0.29, 0.717) is 5.56 Å². The monoisotopic (exact) mass is 508 g/mol. The van der Waals surface area contributed by atoms with Crippen molar-refractivity contribution in [2.75, 3.05) is 43.8 Å². The van der Waals surface area contributed by atoms with Crippen LogP contribution in [0.4, 0.5) is 22.0 Å². The SMILES string of the molecule is [2H]C([2H])([2H])NC(=O)c1nnc(NC(=O)OC)cc1Nc1cccc(-c2noc(CCS(C)(=O)=O)n2)c1OC. The summed E-state index contributed by atoms with van der Waals surface area (Å²) >= 11 is 0. The van der Waals surface area contributed by atoms with E-state index in [-0.39, 0.29) is 46.8 Å². The molecule has 15 heteroatoms. The lowest BCUT2D eigenvalue weighted by molar-refractivity contribution is 0.0958. The molecule has 3 aromatic rings. The molecule has 0 aliphatic carbocycles. The standard InChI is InChI=1S/C20H23N7O7S/c1-21-19(28)16-13(10-14(25-26-16)23-20(29)33-3)22-12-7-5-6-11(17(12)32-2)18-24-15(34-27-18)8-9-35(4,30)31/h5-7,10H,8-9H2,1-4H3,(H,21,28)(H2,22,23,25,29)/i1D3. The van der Waals surface area contributed by atoms with Crippen molar-refractivity contribution < 1.29 is 36.1 Å². The number of anilines is 3. The number of ether oxygens (including phenoxy) is 2. The fraction of sp³-hybridized carbons (Fsp3) is 0.300. The Bertz CT molecular complexity index is 1440. The quantitative estimate of drug-likeness (QED) is 0.377. The maximum atomic E-state index is 12.6. The summed E-state index contributed by atoms with van der Waals surface area (Å²) in [7, 11) is -0.736. The van der Waals surface area contributed by atoms with E-state index in [1.807, 2.05) is 5.32 Å². The van der Waals surface area contributed by atoms with Crippen LogP contribution in [0.15, 0.2) is 28.8 Å². The number of sulfone groups is 1. The van der Waals surface area contributed by atoms with Crippen LogP contribution in [0.3, 0.4) is 0 Å². The molecule has 0 fully saturated rings. The van der Waals surface area contributed by atoms with Crippen LogP contribution in [-0.4, -0.2) is 74.0 Å². The second-order valence-electron chi connectivity index (χ2n) is 6.97. The molecule has 0 radical (unpaired) electrons. The first-order chi connectivity index (χ1) is 17.8. The molecule has 3 rings (SSSR count). The third-order valence-electron chi connectivity index (χ3n) is 4.42. The molecule has 1 aromatic carbocycles. The van der Waals surface area contributed by atoms with Gasteiger partial charge in [-0.3, -0.25) is 10.1 Å². The second-order valence-corrected chi connectivity index (χ2v) is 9.23. The van der Waals surface area contributed by atoms with Crippen LogP contribution in [0, 0.1) is 0 Å². The lowest BCUT2D eigenvalue weighted by Gasteiger charge is -2.15. The highest BCUT2D eigenvalue weighted by Gasteiger charge is 2.20. The van der Waals surface area contributed by atoms with E-state index in [2.05, 4.69) is 35.7 Å². The topological polar surface area (TPSA) is 188 Å². The summed E-state index contributed by atoms with van der Waals surface area (Å²) < 4.78 is 60.0. The highest BCUT2D eigenvalue weighted by molar-refractivity contribution is 7.90. The van der Waals surface area contributed by atoms with Gasteiger partial charge in [-0.2, -0.15) is 4.98 Å². The predicted octanol–water partition coefficient (Wildman–Crippen LogP) is 1.40. The second kappa shape index (κ2) is 10.8. The number of methoxy groups -OCH3 is 2. The minimum atomic E-state index is -3.24. The van der Waals surface area contributed by atoms with Gasteiger partial charge in [0.15, 0.2) is 17.3 Å². The Kier molecular flexibility index (Phi) is 6.55. The van der Waals surface area contributed by atoms with Gasteiger partial charge in [0.05, 0.1) is 36.9 Å². The van der Waals surface area contributed by atoms with E-state index in [4.69, 9.17) is 13.4 Å². The summed E-state index contributed by atoms with van der Waals surface area (Å²) in [6.07, 6.45) is 0.260. The highest BCUT2D eigenvalue weighted by Crippen LogP contribution is 2.37. The van der Waals surface area contributed by atoms with E-state index in [9.17, 15) is 18.0 Å². The van der Waals surface area contributed by atoms with Crippen molar-refractivity contribution in [3.63, 3.8) is 0 Å². The number of carbonyl (C=O) groups excluding carboxylic acids is 2. The van der Waals surface area contributed by atoms with E-state index in [1.54, 1.807) is 18.2 Å². The van der Waals surface area contributed by atoms with Gasteiger partial charge in [-0.05, 0) is 12.1 Å². The van der Waals surface area contributed by atoms with Gasteiger partial charge in [0, 0.05) is 29.8 Å². The molecule has 186 valence electrons. The lowest BCUT2D eigenvalue weighted by Crippen LogP contribution is -2.22. The van der Waals surface area contributed by atoms with Gasteiger partial charge in [0.1, 0.15) is 9.84 Å². The van der Waals surface area contributed by atoms with Crippen molar-refractivity contribution in [1.29, 1.82) is 0 Å². The summed E-state index contributed by atoms with van der Waals surface area (Å²) in [5.41, 5.74) is 0.194. The fourth-order valence-electron chi connectivity index (χ4n) is 2.85.